The summed E-state index contributed by atoms with van der Waals surface area (Å²) in [5, 5.41) is 33.8. The van der Waals surface area contributed by atoms with Crippen LogP contribution in [0.1, 0.15) is 15.7 Å². The Morgan fingerprint density at radius 1 is 0.704 bits per heavy atom. The number of hydrogen-bond acceptors (Lipinski definition) is 5. The van der Waals surface area contributed by atoms with Crippen molar-refractivity contribution in [2.45, 2.75) is 18.4 Å². The number of aliphatic carboxylic acids is 3. The first-order chi connectivity index (χ1) is 7.78. The first-order valence-electron chi connectivity index (χ1n) is 3.95. The van der Waals surface area contributed by atoms with Gasteiger partial charge in [-0.3, -0.25) is 9.59 Å². The molecule has 0 aliphatic carbocycles. The van der Waals surface area contributed by atoms with Gasteiger partial charge in [0.15, 0.2) is 5.60 Å². The van der Waals surface area contributed by atoms with Crippen LogP contribution < -0.4 is 59.1 Å². The van der Waals surface area contributed by atoms with Crippen LogP contribution in [0.4, 0.5) is 0 Å². The Morgan fingerprint density at radius 2 is 0.852 bits per heavy atom. The van der Waals surface area contributed by atoms with E-state index >= 15 is 0 Å². The third kappa shape index (κ3) is 58.5. The topological polar surface area (TPSA) is 430 Å². The van der Waals surface area contributed by atoms with Gasteiger partial charge in [0.2, 0.25) is 0 Å². The molecule has 0 aromatic rings. The van der Waals surface area contributed by atoms with Gasteiger partial charge in [-0.2, -0.15) is 0 Å². The first-order valence-corrected chi connectivity index (χ1v) is 5.52. The van der Waals surface area contributed by atoms with Gasteiger partial charge in [-0.15, -0.1) is 0 Å². The maximum atomic E-state index is 10.3. The van der Waals surface area contributed by atoms with Crippen LogP contribution in [-0.2, 0) is 18.9 Å². The molecule has 0 saturated carbocycles. The normalized spacial score (nSPS) is 7.41. The Hall–Kier alpha value is 0.200. The van der Waals surface area contributed by atoms with Crippen molar-refractivity contribution in [3.05, 3.63) is 0 Å². The van der Waals surface area contributed by atoms with Gasteiger partial charge >= 0.3 is 84.8 Å². The van der Waals surface area contributed by atoms with Crippen molar-refractivity contribution in [1.29, 1.82) is 0 Å². The molecule has 27 heavy (non-hydrogen) atoms. The number of phosphoric acid groups is 1. The van der Waals surface area contributed by atoms with Crippen molar-refractivity contribution in [3.8, 4) is 0 Å². The van der Waals surface area contributed by atoms with E-state index in [4.69, 9.17) is 39.7 Å². The number of rotatable bonds is 5. The van der Waals surface area contributed by atoms with Crippen LogP contribution in [0, 0.1) is 0 Å². The Labute approximate surface area is 197 Å². The Kier molecular flexibility index (Phi) is 81.5. The van der Waals surface area contributed by atoms with E-state index in [9.17, 15) is 14.4 Å². The molecule has 18 nitrogen and oxygen atoms in total. The molecule has 0 spiro atoms. The fourth-order valence-electron chi connectivity index (χ4n) is 0.714. The summed E-state index contributed by atoms with van der Waals surface area (Å²) < 4.78 is 8.88. The second-order valence-electron chi connectivity index (χ2n) is 2.99. The molecular formula is C6H27Na2O18P. The first kappa shape index (κ1) is 71.1. The summed E-state index contributed by atoms with van der Waals surface area (Å²) in [7, 11) is -4.64. The van der Waals surface area contributed by atoms with Gasteiger partial charge in [0.1, 0.15) is 0 Å². The minimum absolute atomic E-state index is 0. The van der Waals surface area contributed by atoms with Gasteiger partial charge < -0.3 is 76.3 Å². The number of carboxylic acid groups (broad SMARTS) is 3. The zero-order chi connectivity index (χ0) is 15.1. The molecular weight excluding hydrogens is 437 g/mol. The molecule has 0 amide bonds. The predicted molar refractivity (Wildman–Crippen MR) is 78.9 cm³/mol. The third-order valence-electron chi connectivity index (χ3n) is 1.29. The van der Waals surface area contributed by atoms with Crippen molar-refractivity contribution in [2.24, 2.45) is 0 Å². The summed E-state index contributed by atoms with van der Waals surface area (Å²) in [4.78, 5) is 52.0. The molecule has 166 valence electrons. The number of carbonyl (C=O) groups is 3. The summed E-state index contributed by atoms with van der Waals surface area (Å²) in [6.45, 7) is 0. The minimum atomic E-state index is -4.64. The molecule has 0 heterocycles. The summed E-state index contributed by atoms with van der Waals surface area (Å²) in [5.41, 5.74) is -2.74. The molecule has 21 N–H and O–H groups in total. The molecule has 0 aliphatic heterocycles. The van der Waals surface area contributed by atoms with Gasteiger partial charge in [-0.05, 0) is 0 Å². The van der Waals surface area contributed by atoms with Gasteiger partial charge in [0, 0.05) is 0 Å². The standard InChI is InChI=1S/C6H8O7.2Na.H3O4P.7H2O.2H/c7-3(8)1-6(13,5(11)12)2-4(9)10;;;1-5(2,3)4;;;;;;;;;/h13H,1-2H2,(H,7,8)(H,9,10)(H,11,12);;;(H3,1,2,3,4);7*1H2;;/q;2*+1;;;;;;;;;2*-1. The van der Waals surface area contributed by atoms with Crippen molar-refractivity contribution in [3.63, 3.8) is 0 Å². The Bertz CT molecular complexity index is 368. The second-order valence-corrected chi connectivity index (χ2v) is 4.02. The quantitative estimate of drug-likeness (QED) is 0.148. The van der Waals surface area contributed by atoms with Gasteiger partial charge in [-0.25, -0.2) is 9.36 Å². The zero-order valence-electron chi connectivity index (χ0n) is 16.1. The minimum Gasteiger partial charge on any atom is -1.00 e. The number of carboxylic acids is 3. The summed E-state index contributed by atoms with van der Waals surface area (Å²) >= 11 is 0. The predicted octanol–water partition coefficient (Wildman–Crippen LogP) is -13.7. The Balaban J connectivity index is -0.0000000133. The maximum absolute atomic E-state index is 10.3. The monoisotopic (exact) mass is 464 g/mol. The maximum Gasteiger partial charge on any atom is 1.00 e. The summed E-state index contributed by atoms with van der Waals surface area (Å²) in [6, 6.07) is 0. The van der Waals surface area contributed by atoms with Crippen LogP contribution in [0.25, 0.3) is 0 Å². The van der Waals surface area contributed by atoms with Gasteiger partial charge in [-0.1, -0.05) is 0 Å². The fraction of sp³-hybridized carbons (Fsp3) is 0.500. The van der Waals surface area contributed by atoms with E-state index < -0.39 is 44.2 Å². The molecule has 0 fully saturated rings. The molecule has 0 aromatic carbocycles. The van der Waals surface area contributed by atoms with Crippen LogP contribution >= 0.6 is 7.82 Å². The van der Waals surface area contributed by atoms with Crippen molar-refractivity contribution in [1.82, 2.24) is 0 Å². The molecule has 0 bridgehead atoms. The molecule has 0 unspecified atom stereocenters. The van der Waals surface area contributed by atoms with Crippen molar-refractivity contribution >= 4 is 25.7 Å². The molecule has 0 radical (unpaired) electrons. The number of aliphatic hydroxyl groups is 1. The van der Waals surface area contributed by atoms with E-state index in [2.05, 4.69) is 0 Å². The van der Waals surface area contributed by atoms with E-state index in [1.54, 1.807) is 0 Å². The second kappa shape index (κ2) is 30.9. The third-order valence-corrected chi connectivity index (χ3v) is 1.29. The van der Waals surface area contributed by atoms with Crippen molar-refractivity contribution < 1.29 is 154 Å². The van der Waals surface area contributed by atoms with Crippen LogP contribution in [-0.4, -0.2) is 96.9 Å². The average molecular weight is 464 g/mol. The summed E-state index contributed by atoms with van der Waals surface area (Å²) in [6.07, 6.45) is -2.29. The van der Waals surface area contributed by atoms with E-state index in [1.165, 1.54) is 0 Å². The van der Waals surface area contributed by atoms with Crippen LogP contribution in [0.15, 0.2) is 0 Å². The van der Waals surface area contributed by atoms with E-state index in [0.29, 0.717) is 0 Å². The number of hydrogen-bond donors (Lipinski definition) is 7. The van der Waals surface area contributed by atoms with Crippen LogP contribution in [0.3, 0.4) is 0 Å². The molecule has 0 aromatic heterocycles. The SMILES string of the molecule is O.O.O.O.O.O.O.O=C(O)CC(O)(CC(=O)O)C(=O)O.O=P(O)(O)O.[H-].[H-].[Na+].[Na+]. The van der Waals surface area contributed by atoms with E-state index in [1.807, 2.05) is 0 Å². The molecule has 0 saturated heterocycles. The smallest absolute Gasteiger partial charge is 1.00 e. The van der Waals surface area contributed by atoms with Crippen LogP contribution in [0.5, 0.6) is 0 Å². The Morgan fingerprint density at radius 3 is 0.926 bits per heavy atom. The van der Waals surface area contributed by atoms with Crippen molar-refractivity contribution in [2.75, 3.05) is 0 Å². The summed E-state index contributed by atoms with van der Waals surface area (Å²) in [5.74, 6) is -5.02. The largest absolute Gasteiger partial charge is 1.00 e. The molecule has 21 heteroatoms. The van der Waals surface area contributed by atoms with Crippen LogP contribution in [0.2, 0.25) is 0 Å². The fourth-order valence-corrected chi connectivity index (χ4v) is 0.714. The van der Waals surface area contributed by atoms with E-state index in [0.717, 1.165) is 0 Å². The average Bonchev–Trinajstić information content (AvgIpc) is 1.95. The van der Waals surface area contributed by atoms with E-state index in [-0.39, 0.29) is 100 Å². The van der Waals surface area contributed by atoms with Gasteiger partial charge in [0.05, 0.1) is 12.8 Å². The molecule has 0 atom stereocenters. The van der Waals surface area contributed by atoms with Gasteiger partial charge in [0.25, 0.3) is 0 Å². The zero-order valence-corrected chi connectivity index (χ0v) is 19.0. The molecule has 0 rings (SSSR count). The molecule has 0 aliphatic rings.